The fourth-order valence-electron chi connectivity index (χ4n) is 2.18. The normalized spacial score (nSPS) is 11.5. The van der Waals surface area contributed by atoms with Crippen molar-refractivity contribution in [3.63, 3.8) is 0 Å². The van der Waals surface area contributed by atoms with E-state index in [4.69, 9.17) is 0 Å². The molecule has 1 aromatic heterocycles. The molecule has 3 aromatic rings. The average molecular weight is 410 g/mol. The lowest BCUT2D eigenvalue weighted by atomic mass is 10.3. The molecule has 0 amide bonds. The first-order chi connectivity index (χ1) is 11.4. The standard InChI is InChI=1S/C16H13BrFN3O2S/c1-11-9-16(21(19-11)12-5-3-2-4-6-12)20-24(22,23)13-7-8-14(17)15(18)10-13/h2-10,20H,1H3. The second-order valence-electron chi connectivity index (χ2n) is 5.10. The van der Waals surface area contributed by atoms with Gasteiger partial charge < -0.3 is 0 Å². The van der Waals surface area contributed by atoms with Gasteiger partial charge in [-0.25, -0.2) is 17.5 Å². The van der Waals surface area contributed by atoms with E-state index < -0.39 is 15.8 Å². The van der Waals surface area contributed by atoms with Crippen LogP contribution in [0.5, 0.6) is 0 Å². The molecule has 0 aliphatic heterocycles. The first kappa shape index (κ1) is 16.7. The summed E-state index contributed by atoms with van der Waals surface area (Å²) >= 11 is 3.00. The van der Waals surface area contributed by atoms with Crippen molar-refractivity contribution in [3.05, 3.63) is 70.6 Å². The molecule has 1 heterocycles. The lowest BCUT2D eigenvalue weighted by Crippen LogP contribution is -2.16. The van der Waals surface area contributed by atoms with Crippen LogP contribution in [-0.2, 0) is 10.0 Å². The van der Waals surface area contributed by atoms with Crippen LogP contribution in [0, 0.1) is 12.7 Å². The minimum absolute atomic E-state index is 0.165. The van der Waals surface area contributed by atoms with Crippen LogP contribution in [0.1, 0.15) is 5.69 Å². The van der Waals surface area contributed by atoms with E-state index in [9.17, 15) is 12.8 Å². The molecule has 8 heteroatoms. The van der Waals surface area contributed by atoms with Gasteiger partial charge in [-0.2, -0.15) is 5.10 Å². The number of aromatic nitrogens is 2. The Kier molecular flexibility index (Phi) is 4.42. The van der Waals surface area contributed by atoms with Crippen molar-refractivity contribution in [2.75, 3.05) is 4.72 Å². The van der Waals surface area contributed by atoms with Crippen molar-refractivity contribution < 1.29 is 12.8 Å². The van der Waals surface area contributed by atoms with Gasteiger partial charge >= 0.3 is 0 Å². The van der Waals surface area contributed by atoms with Gasteiger partial charge in [0.25, 0.3) is 10.0 Å². The number of para-hydroxylation sites is 1. The Balaban J connectivity index is 2.00. The van der Waals surface area contributed by atoms with Gasteiger partial charge in [0, 0.05) is 6.07 Å². The lowest BCUT2D eigenvalue weighted by molar-refractivity contribution is 0.593. The molecule has 0 fully saturated rings. The predicted molar refractivity (Wildman–Crippen MR) is 93.2 cm³/mol. The first-order valence-electron chi connectivity index (χ1n) is 6.97. The van der Waals surface area contributed by atoms with Gasteiger partial charge in [-0.05, 0) is 53.2 Å². The summed E-state index contributed by atoms with van der Waals surface area (Å²) in [7, 11) is -3.94. The van der Waals surface area contributed by atoms with Gasteiger partial charge in [0.2, 0.25) is 0 Å². The Hall–Kier alpha value is -2.19. The van der Waals surface area contributed by atoms with Crippen LogP contribution in [0.4, 0.5) is 10.2 Å². The Bertz CT molecular complexity index is 988. The summed E-state index contributed by atoms with van der Waals surface area (Å²) in [5.41, 5.74) is 1.36. The van der Waals surface area contributed by atoms with Crippen LogP contribution in [-0.4, -0.2) is 18.2 Å². The van der Waals surface area contributed by atoms with Gasteiger partial charge in [0.1, 0.15) is 11.6 Å². The number of nitrogens with one attached hydrogen (secondary N) is 1. The van der Waals surface area contributed by atoms with Crippen molar-refractivity contribution in [2.45, 2.75) is 11.8 Å². The summed E-state index contributed by atoms with van der Waals surface area (Å²) in [4.78, 5) is -0.165. The molecule has 0 atom stereocenters. The number of halogens is 2. The maximum Gasteiger partial charge on any atom is 0.263 e. The Morgan fingerprint density at radius 1 is 1.12 bits per heavy atom. The quantitative estimate of drug-likeness (QED) is 0.710. The number of hydrogen-bond donors (Lipinski definition) is 1. The second-order valence-corrected chi connectivity index (χ2v) is 7.64. The van der Waals surface area contributed by atoms with E-state index in [-0.39, 0.29) is 15.2 Å². The van der Waals surface area contributed by atoms with Crippen molar-refractivity contribution in [2.24, 2.45) is 0 Å². The SMILES string of the molecule is Cc1cc(NS(=O)(=O)c2ccc(Br)c(F)c2)n(-c2ccccc2)n1. The van der Waals surface area contributed by atoms with Crippen LogP contribution in [0.3, 0.4) is 0 Å². The third-order valence-electron chi connectivity index (χ3n) is 3.27. The van der Waals surface area contributed by atoms with Crippen molar-refractivity contribution in [3.8, 4) is 5.69 Å². The molecule has 1 N–H and O–H groups in total. The monoisotopic (exact) mass is 409 g/mol. The van der Waals surface area contributed by atoms with Crippen molar-refractivity contribution in [1.82, 2.24) is 9.78 Å². The van der Waals surface area contributed by atoms with Gasteiger partial charge in [0.05, 0.1) is 20.7 Å². The lowest BCUT2D eigenvalue weighted by Gasteiger charge is -2.11. The largest absolute Gasteiger partial charge is 0.263 e. The highest BCUT2D eigenvalue weighted by Crippen LogP contribution is 2.23. The van der Waals surface area contributed by atoms with Gasteiger partial charge in [-0.1, -0.05) is 18.2 Å². The van der Waals surface area contributed by atoms with E-state index in [1.807, 2.05) is 30.3 Å². The molecule has 24 heavy (non-hydrogen) atoms. The summed E-state index contributed by atoms with van der Waals surface area (Å²) in [5, 5.41) is 4.30. The summed E-state index contributed by atoms with van der Waals surface area (Å²) in [6.45, 7) is 1.76. The van der Waals surface area contributed by atoms with Crippen LogP contribution < -0.4 is 4.72 Å². The number of rotatable bonds is 4. The van der Waals surface area contributed by atoms with E-state index in [0.717, 1.165) is 6.07 Å². The minimum Gasteiger partial charge on any atom is -0.263 e. The van der Waals surface area contributed by atoms with Crippen molar-refractivity contribution in [1.29, 1.82) is 0 Å². The van der Waals surface area contributed by atoms with E-state index >= 15 is 0 Å². The maximum absolute atomic E-state index is 13.6. The molecule has 0 aliphatic rings. The Labute approximate surface area is 147 Å². The van der Waals surface area contributed by atoms with E-state index in [0.29, 0.717) is 11.4 Å². The first-order valence-corrected chi connectivity index (χ1v) is 9.24. The molecule has 5 nitrogen and oxygen atoms in total. The summed E-state index contributed by atoms with van der Waals surface area (Å²) in [6.07, 6.45) is 0. The number of benzene rings is 2. The smallest absolute Gasteiger partial charge is 0.263 e. The molecule has 0 radical (unpaired) electrons. The van der Waals surface area contributed by atoms with Gasteiger partial charge in [0.15, 0.2) is 0 Å². The highest BCUT2D eigenvalue weighted by atomic mass is 79.9. The highest BCUT2D eigenvalue weighted by molar-refractivity contribution is 9.10. The minimum atomic E-state index is -3.94. The maximum atomic E-state index is 13.6. The zero-order valence-corrected chi connectivity index (χ0v) is 15.0. The fourth-order valence-corrected chi connectivity index (χ4v) is 3.47. The summed E-state index contributed by atoms with van der Waals surface area (Å²) < 4.78 is 42.8. The molecule has 0 unspecified atom stereocenters. The second kappa shape index (κ2) is 6.37. The topological polar surface area (TPSA) is 64.0 Å². The van der Waals surface area contributed by atoms with Gasteiger partial charge in [-0.15, -0.1) is 0 Å². The molecule has 0 saturated heterocycles. The molecular weight excluding hydrogens is 397 g/mol. The van der Waals surface area contributed by atoms with Crippen LogP contribution in [0.25, 0.3) is 5.69 Å². The summed E-state index contributed by atoms with van der Waals surface area (Å²) in [6, 6.07) is 14.4. The number of aryl methyl sites for hydroxylation is 1. The molecular formula is C16H13BrFN3O2S. The fraction of sp³-hybridized carbons (Fsp3) is 0.0625. The Morgan fingerprint density at radius 2 is 1.83 bits per heavy atom. The zero-order valence-electron chi connectivity index (χ0n) is 12.6. The molecule has 3 rings (SSSR count). The molecule has 0 aliphatic carbocycles. The van der Waals surface area contributed by atoms with E-state index in [2.05, 4.69) is 25.8 Å². The van der Waals surface area contributed by atoms with E-state index in [1.165, 1.54) is 16.8 Å². The number of hydrogen-bond acceptors (Lipinski definition) is 3. The third kappa shape index (κ3) is 3.34. The zero-order chi connectivity index (χ0) is 17.3. The van der Waals surface area contributed by atoms with Crippen LogP contribution >= 0.6 is 15.9 Å². The number of nitrogens with zero attached hydrogens (tertiary/aromatic N) is 2. The predicted octanol–water partition coefficient (Wildman–Crippen LogP) is 3.88. The van der Waals surface area contributed by atoms with E-state index in [1.54, 1.807) is 13.0 Å². The molecule has 0 spiro atoms. The van der Waals surface area contributed by atoms with Crippen molar-refractivity contribution >= 4 is 31.8 Å². The molecule has 0 bridgehead atoms. The highest BCUT2D eigenvalue weighted by Gasteiger charge is 2.19. The molecule has 124 valence electrons. The third-order valence-corrected chi connectivity index (χ3v) is 5.27. The van der Waals surface area contributed by atoms with Gasteiger partial charge in [-0.3, -0.25) is 4.72 Å². The van der Waals surface area contributed by atoms with Crippen LogP contribution in [0.2, 0.25) is 0 Å². The summed E-state index contributed by atoms with van der Waals surface area (Å²) in [5.74, 6) is -0.368. The molecule has 2 aromatic carbocycles. The number of anilines is 1. The average Bonchev–Trinajstić information content (AvgIpc) is 2.90. The Morgan fingerprint density at radius 3 is 2.50 bits per heavy atom. The van der Waals surface area contributed by atoms with Crippen LogP contribution in [0.15, 0.2) is 64.0 Å². The number of sulfonamides is 1. The molecule has 0 saturated carbocycles.